The molecule has 0 saturated heterocycles. The summed E-state index contributed by atoms with van der Waals surface area (Å²) < 4.78 is 26.8. The van der Waals surface area contributed by atoms with Crippen LogP contribution in [0, 0.1) is 17.8 Å². The zero-order chi connectivity index (χ0) is 19.9. The lowest BCUT2D eigenvalue weighted by Crippen LogP contribution is -2.42. The van der Waals surface area contributed by atoms with Crippen molar-refractivity contribution in [1.29, 1.82) is 0 Å². The van der Waals surface area contributed by atoms with E-state index in [1.807, 2.05) is 6.92 Å². The van der Waals surface area contributed by atoms with Crippen LogP contribution in [-0.2, 0) is 21.7 Å². The second kappa shape index (κ2) is 7.23. The number of nitrogens with zero attached hydrogens (tertiary/aromatic N) is 5. The van der Waals surface area contributed by atoms with Crippen molar-refractivity contribution in [1.82, 2.24) is 30.0 Å². The van der Waals surface area contributed by atoms with Crippen molar-refractivity contribution < 1.29 is 13.2 Å². The molecule has 9 nitrogen and oxygen atoms in total. The molecule has 2 aliphatic rings. The summed E-state index contributed by atoms with van der Waals surface area (Å²) in [6.07, 6.45) is 9.36. The van der Waals surface area contributed by atoms with Gasteiger partial charge >= 0.3 is 0 Å². The standard InChI is InChI=1S/C18H24N6O3S/c1-11(14-8-12-3-4-13(14)7-12)21-16(25)10-28(26,27)18-23-22-17(24(18)2)15-9-19-5-6-20-15/h5-6,9,11-14H,3-4,7-8,10H2,1-2H3,(H,21,25)/t11-,12-,13-,14-/m0/s1. The van der Waals surface area contributed by atoms with Crippen molar-refractivity contribution in [3.63, 3.8) is 0 Å². The van der Waals surface area contributed by atoms with Crippen LogP contribution in [-0.4, -0.2) is 50.9 Å². The highest BCUT2D eigenvalue weighted by molar-refractivity contribution is 7.91. The summed E-state index contributed by atoms with van der Waals surface area (Å²) >= 11 is 0. The van der Waals surface area contributed by atoms with Crippen LogP contribution >= 0.6 is 0 Å². The summed E-state index contributed by atoms with van der Waals surface area (Å²) in [5.74, 6) is 1.01. The fourth-order valence-corrected chi connectivity index (χ4v) is 6.00. The Balaban J connectivity index is 1.44. The van der Waals surface area contributed by atoms with E-state index in [9.17, 15) is 13.2 Å². The molecule has 0 aromatic carbocycles. The molecule has 2 heterocycles. The van der Waals surface area contributed by atoms with Gasteiger partial charge in [-0.2, -0.15) is 0 Å². The SMILES string of the molecule is C[C@H](NC(=O)CS(=O)(=O)c1nnc(-c2cnccn2)n1C)[C@@H]1C[C@H]2CC[C@H]1C2. The maximum atomic E-state index is 12.7. The van der Waals surface area contributed by atoms with Crippen molar-refractivity contribution >= 4 is 15.7 Å². The molecule has 0 unspecified atom stereocenters. The number of carbonyl (C=O) groups excluding carboxylic acids is 1. The molecule has 1 amide bonds. The lowest BCUT2D eigenvalue weighted by Gasteiger charge is -2.28. The monoisotopic (exact) mass is 404 g/mol. The lowest BCUT2D eigenvalue weighted by molar-refractivity contribution is -0.119. The largest absolute Gasteiger partial charge is 0.352 e. The third-order valence-electron chi connectivity index (χ3n) is 6.05. The number of fused-ring (bicyclic) bond motifs is 2. The summed E-state index contributed by atoms with van der Waals surface area (Å²) in [4.78, 5) is 20.5. The van der Waals surface area contributed by atoms with Crippen LogP contribution in [0.1, 0.15) is 32.6 Å². The normalized spacial score (nSPS) is 25.0. The van der Waals surface area contributed by atoms with E-state index in [1.54, 1.807) is 0 Å². The molecule has 0 radical (unpaired) electrons. The van der Waals surface area contributed by atoms with Crippen LogP contribution in [0.3, 0.4) is 0 Å². The number of carbonyl (C=O) groups is 1. The van der Waals surface area contributed by atoms with E-state index >= 15 is 0 Å². The molecule has 0 aliphatic heterocycles. The summed E-state index contributed by atoms with van der Waals surface area (Å²) in [5.41, 5.74) is 0.410. The van der Waals surface area contributed by atoms with Gasteiger partial charge in [-0.15, -0.1) is 10.2 Å². The number of amides is 1. The Hall–Kier alpha value is -2.36. The van der Waals surface area contributed by atoms with E-state index in [1.165, 1.54) is 49.5 Å². The highest BCUT2D eigenvalue weighted by Crippen LogP contribution is 2.49. The first kappa shape index (κ1) is 19.0. The smallest absolute Gasteiger partial charge is 0.250 e. The van der Waals surface area contributed by atoms with Crippen molar-refractivity contribution in [2.24, 2.45) is 24.8 Å². The van der Waals surface area contributed by atoms with Crippen molar-refractivity contribution in [3.05, 3.63) is 18.6 Å². The van der Waals surface area contributed by atoms with Gasteiger partial charge in [-0.05, 0) is 43.9 Å². The van der Waals surface area contributed by atoms with Gasteiger partial charge in [0.2, 0.25) is 20.9 Å². The molecule has 150 valence electrons. The minimum atomic E-state index is -3.93. The molecule has 1 N–H and O–H groups in total. The van der Waals surface area contributed by atoms with Gasteiger partial charge in [0, 0.05) is 25.5 Å². The van der Waals surface area contributed by atoms with Gasteiger partial charge in [-0.1, -0.05) is 6.42 Å². The Labute approximate surface area is 163 Å². The van der Waals surface area contributed by atoms with Crippen LogP contribution in [0.15, 0.2) is 23.7 Å². The molecule has 0 spiro atoms. The lowest BCUT2D eigenvalue weighted by atomic mass is 9.84. The highest BCUT2D eigenvalue weighted by Gasteiger charge is 2.42. The highest BCUT2D eigenvalue weighted by atomic mass is 32.2. The quantitative estimate of drug-likeness (QED) is 0.762. The molecule has 2 aromatic rings. The second-order valence-electron chi connectivity index (χ2n) is 7.91. The predicted octanol–water partition coefficient (Wildman–Crippen LogP) is 0.987. The maximum Gasteiger partial charge on any atom is 0.250 e. The average molecular weight is 404 g/mol. The Morgan fingerprint density at radius 2 is 2.11 bits per heavy atom. The van der Waals surface area contributed by atoms with Gasteiger partial charge in [-0.25, -0.2) is 13.4 Å². The summed E-state index contributed by atoms with van der Waals surface area (Å²) in [7, 11) is -2.39. The third-order valence-corrected chi connectivity index (χ3v) is 7.60. The van der Waals surface area contributed by atoms with E-state index in [0.29, 0.717) is 17.5 Å². The molecule has 2 aliphatic carbocycles. The van der Waals surface area contributed by atoms with Gasteiger partial charge in [0.15, 0.2) is 5.82 Å². The number of nitrogens with one attached hydrogen (secondary N) is 1. The maximum absolute atomic E-state index is 12.7. The molecule has 4 rings (SSSR count). The van der Waals surface area contributed by atoms with E-state index in [0.717, 1.165) is 12.3 Å². The number of hydrogen-bond acceptors (Lipinski definition) is 7. The Bertz CT molecular complexity index is 974. The molecule has 2 fully saturated rings. The minimum absolute atomic E-state index is 0.0207. The molecule has 10 heteroatoms. The van der Waals surface area contributed by atoms with Crippen molar-refractivity contribution in [2.75, 3.05) is 5.75 Å². The molecule has 2 aromatic heterocycles. The number of aromatic nitrogens is 5. The van der Waals surface area contributed by atoms with E-state index in [4.69, 9.17) is 0 Å². The van der Waals surface area contributed by atoms with Gasteiger partial charge in [0.25, 0.3) is 0 Å². The predicted molar refractivity (Wildman–Crippen MR) is 101 cm³/mol. The van der Waals surface area contributed by atoms with Gasteiger partial charge in [0.1, 0.15) is 11.4 Å². The number of hydrogen-bond donors (Lipinski definition) is 1. The average Bonchev–Trinajstić information content (AvgIpc) is 3.37. The fraction of sp³-hybridized carbons (Fsp3) is 0.611. The molecule has 4 atom stereocenters. The minimum Gasteiger partial charge on any atom is -0.352 e. The van der Waals surface area contributed by atoms with Crippen molar-refractivity contribution in [3.8, 4) is 11.5 Å². The van der Waals surface area contributed by atoms with Crippen LogP contribution in [0.25, 0.3) is 11.5 Å². The Morgan fingerprint density at radius 1 is 1.29 bits per heavy atom. The molecule has 2 saturated carbocycles. The Morgan fingerprint density at radius 3 is 2.75 bits per heavy atom. The van der Waals surface area contributed by atoms with E-state index in [-0.39, 0.29) is 17.0 Å². The molecule has 28 heavy (non-hydrogen) atoms. The van der Waals surface area contributed by atoms with Gasteiger partial charge < -0.3 is 5.32 Å². The molecular weight excluding hydrogens is 380 g/mol. The number of rotatable bonds is 6. The fourth-order valence-electron chi connectivity index (χ4n) is 4.77. The summed E-state index contributed by atoms with van der Waals surface area (Å²) in [6, 6.07) is -0.0207. The first-order valence-electron chi connectivity index (χ1n) is 9.53. The molecular formula is C18H24N6O3S. The summed E-state index contributed by atoms with van der Waals surface area (Å²) in [5, 5.41) is 10.3. The zero-order valence-electron chi connectivity index (χ0n) is 15.9. The first-order chi connectivity index (χ1) is 13.3. The zero-order valence-corrected chi connectivity index (χ0v) is 16.8. The van der Waals surface area contributed by atoms with Crippen LogP contribution in [0.2, 0.25) is 0 Å². The number of sulfone groups is 1. The van der Waals surface area contributed by atoms with Gasteiger partial charge in [-0.3, -0.25) is 14.3 Å². The topological polar surface area (TPSA) is 120 Å². The van der Waals surface area contributed by atoms with Crippen molar-refractivity contribution in [2.45, 2.75) is 43.8 Å². The van der Waals surface area contributed by atoms with Crippen LogP contribution < -0.4 is 5.32 Å². The van der Waals surface area contributed by atoms with E-state index < -0.39 is 21.5 Å². The molecule has 2 bridgehead atoms. The third kappa shape index (κ3) is 3.52. The van der Waals surface area contributed by atoms with Gasteiger partial charge in [0.05, 0.1) is 6.20 Å². The van der Waals surface area contributed by atoms with Crippen LogP contribution in [0.4, 0.5) is 0 Å². The van der Waals surface area contributed by atoms with Crippen LogP contribution in [0.5, 0.6) is 0 Å². The Kier molecular flexibility index (Phi) is 4.90. The van der Waals surface area contributed by atoms with E-state index in [2.05, 4.69) is 25.5 Å². The summed E-state index contributed by atoms with van der Waals surface area (Å²) in [6.45, 7) is 1.98. The second-order valence-corrected chi connectivity index (χ2v) is 9.79. The first-order valence-corrected chi connectivity index (χ1v) is 11.2.